The third-order valence-electron chi connectivity index (χ3n) is 5.16. The highest BCUT2D eigenvalue weighted by atomic mass is 32.2. The van der Waals surface area contributed by atoms with Gasteiger partial charge in [-0.3, -0.25) is 0 Å². The number of piperidine rings is 1. The molecule has 0 amide bonds. The van der Waals surface area contributed by atoms with E-state index in [9.17, 15) is 8.42 Å². The number of hydrogen-bond acceptors (Lipinski definition) is 5. The topological polar surface area (TPSA) is 63.0 Å². The highest BCUT2D eigenvalue weighted by Crippen LogP contribution is 2.22. The van der Waals surface area contributed by atoms with E-state index >= 15 is 0 Å². The van der Waals surface area contributed by atoms with E-state index in [1.54, 1.807) is 23.7 Å². The maximum atomic E-state index is 12.3. The Kier molecular flexibility index (Phi) is 6.57. The molecular formula is C20H28N2O4S. The van der Waals surface area contributed by atoms with Crippen molar-refractivity contribution >= 4 is 10.0 Å². The summed E-state index contributed by atoms with van der Waals surface area (Å²) >= 11 is 0. The molecule has 0 aliphatic carbocycles. The summed E-state index contributed by atoms with van der Waals surface area (Å²) in [7, 11) is -1.61. The molecule has 0 saturated carbocycles. The number of ether oxygens (including phenoxy) is 1. The lowest BCUT2D eigenvalue weighted by Crippen LogP contribution is -2.47. The number of rotatable bonds is 8. The lowest BCUT2D eigenvalue weighted by atomic mass is 10.0. The third kappa shape index (κ3) is 5.57. The van der Waals surface area contributed by atoms with Crippen LogP contribution in [0.15, 0.2) is 47.1 Å². The Labute approximate surface area is 161 Å². The van der Waals surface area contributed by atoms with Gasteiger partial charge in [0, 0.05) is 12.6 Å². The average molecular weight is 393 g/mol. The molecule has 1 aromatic carbocycles. The van der Waals surface area contributed by atoms with Gasteiger partial charge in [0.05, 0.1) is 26.2 Å². The summed E-state index contributed by atoms with van der Waals surface area (Å²) in [5.74, 6) is 1.55. The van der Waals surface area contributed by atoms with Gasteiger partial charge in [-0.15, -0.1) is 0 Å². The fourth-order valence-corrected chi connectivity index (χ4v) is 4.70. The lowest BCUT2D eigenvalue weighted by Gasteiger charge is -2.37. The summed E-state index contributed by atoms with van der Waals surface area (Å²) in [6.45, 7) is 3.11. The summed E-state index contributed by atoms with van der Waals surface area (Å²) in [5, 5.41) is 0. The Morgan fingerprint density at radius 1 is 1.19 bits per heavy atom. The normalized spacial score (nSPS) is 16.7. The Hall–Kier alpha value is -1.83. The zero-order chi connectivity index (χ0) is 19.3. The van der Waals surface area contributed by atoms with E-state index in [0.717, 1.165) is 44.6 Å². The van der Waals surface area contributed by atoms with Crippen molar-refractivity contribution in [3.05, 3.63) is 54.0 Å². The van der Waals surface area contributed by atoms with Crippen LogP contribution in [0.4, 0.5) is 0 Å². The van der Waals surface area contributed by atoms with Gasteiger partial charge in [-0.25, -0.2) is 8.42 Å². The number of nitrogens with zero attached hydrogens (tertiary/aromatic N) is 2. The predicted molar refractivity (Wildman–Crippen MR) is 105 cm³/mol. The van der Waals surface area contributed by atoms with Crippen molar-refractivity contribution in [3.63, 3.8) is 0 Å². The van der Waals surface area contributed by atoms with Crippen LogP contribution < -0.4 is 4.74 Å². The number of sulfonamides is 1. The second-order valence-electron chi connectivity index (χ2n) is 7.06. The van der Waals surface area contributed by atoms with Crippen molar-refractivity contribution in [1.29, 1.82) is 0 Å². The minimum atomic E-state index is -3.28. The van der Waals surface area contributed by atoms with E-state index in [2.05, 4.69) is 17.0 Å². The van der Waals surface area contributed by atoms with Crippen LogP contribution in [-0.2, 0) is 23.0 Å². The molecule has 0 N–H and O–H groups in total. The molecule has 7 heteroatoms. The molecule has 0 spiro atoms. The number of hydrogen-bond donors (Lipinski definition) is 0. The van der Waals surface area contributed by atoms with E-state index in [-0.39, 0.29) is 6.04 Å². The van der Waals surface area contributed by atoms with Crippen LogP contribution in [0, 0.1) is 0 Å². The van der Waals surface area contributed by atoms with Gasteiger partial charge in [0.2, 0.25) is 10.0 Å². The first-order valence-corrected chi connectivity index (χ1v) is 11.1. The van der Waals surface area contributed by atoms with Crippen molar-refractivity contribution in [2.75, 3.05) is 33.0 Å². The number of methoxy groups -OCH3 is 1. The molecule has 0 unspecified atom stereocenters. The Bertz CT molecular complexity index is 795. The minimum absolute atomic E-state index is 0.0299. The second-order valence-corrected chi connectivity index (χ2v) is 8.99. The summed E-state index contributed by atoms with van der Waals surface area (Å²) in [5.41, 5.74) is 1.29. The molecule has 148 valence electrons. The Morgan fingerprint density at radius 3 is 2.44 bits per heavy atom. The largest absolute Gasteiger partial charge is 0.497 e. The zero-order valence-electron chi connectivity index (χ0n) is 16.0. The van der Waals surface area contributed by atoms with E-state index in [4.69, 9.17) is 9.15 Å². The molecule has 0 bridgehead atoms. The molecule has 2 aromatic rings. The van der Waals surface area contributed by atoms with E-state index in [1.807, 2.05) is 18.2 Å². The Morgan fingerprint density at radius 2 is 1.89 bits per heavy atom. The monoisotopic (exact) mass is 392 g/mol. The van der Waals surface area contributed by atoms with Gasteiger partial charge in [-0.2, -0.15) is 4.31 Å². The van der Waals surface area contributed by atoms with Crippen molar-refractivity contribution in [2.45, 2.75) is 31.8 Å². The van der Waals surface area contributed by atoms with Crippen LogP contribution in [-0.4, -0.2) is 56.7 Å². The summed E-state index contributed by atoms with van der Waals surface area (Å²) in [6.07, 6.45) is 5.53. The van der Waals surface area contributed by atoms with Crippen molar-refractivity contribution in [2.24, 2.45) is 0 Å². The quantitative estimate of drug-likeness (QED) is 0.691. The van der Waals surface area contributed by atoms with Crippen LogP contribution >= 0.6 is 0 Å². The lowest BCUT2D eigenvalue weighted by molar-refractivity contribution is 0.153. The van der Waals surface area contributed by atoms with Gasteiger partial charge in [-0.05, 0) is 62.2 Å². The SMILES string of the molecule is COc1ccc(CCN2CCC(N(Cc3ccco3)S(C)(=O)=O)CC2)cc1. The van der Waals surface area contributed by atoms with Crippen LogP contribution in [0.2, 0.25) is 0 Å². The molecule has 0 atom stereocenters. The molecule has 0 radical (unpaired) electrons. The number of furan rings is 1. The van der Waals surface area contributed by atoms with Crippen LogP contribution in [0.3, 0.4) is 0 Å². The van der Waals surface area contributed by atoms with E-state index < -0.39 is 10.0 Å². The molecule has 2 heterocycles. The molecule has 1 aliphatic heterocycles. The predicted octanol–water partition coefficient (Wildman–Crippen LogP) is 2.76. The molecule has 3 rings (SSSR count). The average Bonchev–Trinajstić information content (AvgIpc) is 3.18. The zero-order valence-corrected chi connectivity index (χ0v) is 16.8. The van der Waals surface area contributed by atoms with Crippen LogP contribution in [0.1, 0.15) is 24.2 Å². The molecule has 1 fully saturated rings. The summed E-state index contributed by atoms with van der Waals surface area (Å²) in [6, 6.07) is 11.8. The van der Waals surface area contributed by atoms with Gasteiger partial charge < -0.3 is 14.1 Å². The van der Waals surface area contributed by atoms with Gasteiger partial charge in [0.1, 0.15) is 11.5 Å². The van der Waals surface area contributed by atoms with Crippen LogP contribution in [0.5, 0.6) is 5.75 Å². The van der Waals surface area contributed by atoms with Crippen LogP contribution in [0.25, 0.3) is 0 Å². The van der Waals surface area contributed by atoms with Gasteiger partial charge in [-0.1, -0.05) is 12.1 Å². The highest BCUT2D eigenvalue weighted by molar-refractivity contribution is 7.88. The van der Waals surface area contributed by atoms with Crippen molar-refractivity contribution in [3.8, 4) is 5.75 Å². The molecule has 1 aliphatic rings. The molecule has 1 saturated heterocycles. The summed E-state index contributed by atoms with van der Waals surface area (Å²) < 4.78 is 36.7. The summed E-state index contributed by atoms with van der Waals surface area (Å²) in [4.78, 5) is 2.41. The molecule has 6 nitrogen and oxygen atoms in total. The van der Waals surface area contributed by atoms with E-state index in [0.29, 0.717) is 12.3 Å². The number of benzene rings is 1. The first-order valence-electron chi connectivity index (χ1n) is 9.30. The fraction of sp³-hybridized carbons (Fsp3) is 0.500. The first kappa shape index (κ1) is 19.9. The van der Waals surface area contributed by atoms with Gasteiger partial charge >= 0.3 is 0 Å². The molecule has 1 aromatic heterocycles. The van der Waals surface area contributed by atoms with Gasteiger partial charge in [0.15, 0.2) is 0 Å². The number of likely N-dealkylation sites (tertiary alicyclic amines) is 1. The highest BCUT2D eigenvalue weighted by Gasteiger charge is 2.30. The first-order chi connectivity index (χ1) is 13.0. The van der Waals surface area contributed by atoms with Gasteiger partial charge in [0.25, 0.3) is 0 Å². The smallest absolute Gasteiger partial charge is 0.211 e. The van der Waals surface area contributed by atoms with Crippen molar-refractivity contribution in [1.82, 2.24) is 9.21 Å². The molecule has 27 heavy (non-hydrogen) atoms. The maximum absolute atomic E-state index is 12.3. The standard InChI is InChI=1S/C20H28N2O4S/c1-25-19-7-5-17(6-8-19)9-12-21-13-10-18(11-14-21)22(27(2,23)24)16-20-4-3-15-26-20/h3-8,15,18H,9-14,16H2,1-2H3. The fourth-order valence-electron chi connectivity index (χ4n) is 3.58. The minimum Gasteiger partial charge on any atom is -0.497 e. The second kappa shape index (κ2) is 8.91. The van der Waals surface area contributed by atoms with E-state index in [1.165, 1.54) is 11.8 Å². The third-order valence-corrected chi connectivity index (χ3v) is 6.44. The van der Waals surface area contributed by atoms with Crippen molar-refractivity contribution < 1.29 is 17.6 Å². The Balaban J connectivity index is 1.51. The molecular weight excluding hydrogens is 364 g/mol. The maximum Gasteiger partial charge on any atom is 0.211 e.